The third-order valence-electron chi connectivity index (χ3n) is 3.16. The molecular weight excluding hydrogens is 267 g/mol. The summed E-state index contributed by atoms with van der Waals surface area (Å²) < 4.78 is 35.5. The summed E-state index contributed by atoms with van der Waals surface area (Å²) in [4.78, 5) is 4.37. The molecular formula is C13H17FN2O2S. The first-order chi connectivity index (χ1) is 9.06. The Morgan fingerprint density at radius 1 is 1.37 bits per heavy atom. The molecule has 6 heteroatoms. The predicted molar refractivity (Wildman–Crippen MR) is 73.0 cm³/mol. The van der Waals surface area contributed by atoms with Crippen molar-refractivity contribution in [1.29, 1.82) is 0 Å². The predicted octanol–water partition coefficient (Wildman–Crippen LogP) is 1.49. The molecule has 1 N–H and O–H groups in total. The lowest BCUT2D eigenvalue weighted by Gasteiger charge is -2.10. The summed E-state index contributed by atoms with van der Waals surface area (Å²) in [6.45, 7) is 3.59. The summed E-state index contributed by atoms with van der Waals surface area (Å²) in [6, 6.07) is 3.44. The average Bonchev–Trinajstić information content (AvgIpc) is 2.92. The Bertz CT molecular complexity index is 597. The molecule has 0 unspecified atom stereocenters. The maximum Gasteiger partial charge on any atom is 0.207 e. The van der Waals surface area contributed by atoms with Gasteiger partial charge in [0.2, 0.25) is 9.84 Å². The molecule has 4 nitrogen and oxygen atoms in total. The Hall–Kier alpha value is -1.43. The molecule has 0 bridgehead atoms. The van der Waals surface area contributed by atoms with Crippen molar-refractivity contribution in [2.45, 2.75) is 24.7 Å². The van der Waals surface area contributed by atoms with Crippen LogP contribution in [0.2, 0.25) is 0 Å². The molecule has 0 radical (unpaired) electrons. The minimum absolute atomic E-state index is 0.0527. The fourth-order valence-corrected chi connectivity index (χ4v) is 2.83. The Morgan fingerprint density at radius 3 is 2.74 bits per heavy atom. The summed E-state index contributed by atoms with van der Waals surface area (Å²) in [5.41, 5.74) is 1.96. The van der Waals surface area contributed by atoms with E-state index in [9.17, 15) is 12.8 Å². The first kappa shape index (κ1) is 14.0. The molecule has 0 aliphatic carbocycles. The topological polar surface area (TPSA) is 58.5 Å². The molecule has 2 rings (SSSR count). The molecule has 0 spiro atoms. The van der Waals surface area contributed by atoms with Gasteiger partial charge < -0.3 is 5.32 Å². The van der Waals surface area contributed by atoms with Crippen LogP contribution in [0, 0.1) is 0 Å². The number of aryl methyl sites for hydroxylation is 1. The van der Waals surface area contributed by atoms with Crippen LogP contribution in [-0.2, 0) is 22.7 Å². The number of alkyl halides is 1. The zero-order valence-electron chi connectivity index (χ0n) is 10.8. The molecule has 0 aromatic heterocycles. The molecule has 1 heterocycles. The van der Waals surface area contributed by atoms with Crippen molar-refractivity contribution in [3.63, 3.8) is 0 Å². The van der Waals surface area contributed by atoms with Crippen LogP contribution >= 0.6 is 0 Å². The molecule has 0 amide bonds. The number of rotatable bonds is 5. The van der Waals surface area contributed by atoms with Gasteiger partial charge in [0.1, 0.15) is 5.84 Å². The van der Waals surface area contributed by atoms with Crippen LogP contribution < -0.4 is 5.32 Å². The van der Waals surface area contributed by atoms with Crippen LogP contribution in [0.5, 0.6) is 0 Å². The van der Waals surface area contributed by atoms with Gasteiger partial charge in [0.05, 0.1) is 11.4 Å². The highest BCUT2D eigenvalue weighted by molar-refractivity contribution is 7.91. The number of nitrogens with zero attached hydrogens (tertiary/aromatic N) is 1. The zero-order valence-corrected chi connectivity index (χ0v) is 11.6. The lowest BCUT2D eigenvalue weighted by atomic mass is 10.0. The highest BCUT2D eigenvalue weighted by atomic mass is 32.2. The Labute approximate surface area is 112 Å². The molecule has 1 aromatic rings. The van der Waals surface area contributed by atoms with Crippen molar-refractivity contribution in [3.05, 3.63) is 29.3 Å². The van der Waals surface area contributed by atoms with E-state index in [1.165, 1.54) is 6.07 Å². The lowest BCUT2D eigenvalue weighted by molar-refractivity contribution is 0.534. The van der Waals surface area contributed by atoms with E-state index in [0.29, 0.717) is 12.8 Å². The van der Waals surface area contributed by atoms with E-state index in [4.69, 9.17) is 0 Å². The molecule has 1 aliphatic heterocycles. The van der Waals surface area contributed by atoms with E-state index in [-0.39, 0.29) is 4.90 Å². The number of aliphatic imine (C=N–C) groups is 1. The number of hydrogen-bond donors (Lipinski definition) is 1. The standard InChI is InChI=1S/C13H17FN2O2S/c1-2-10-7-12(19(17,18)9-14)4-3-11(10)8-13-15-5-6-16-13/h3-4,7H,2,5-6,8-9H2,1H3,(H,15,16). The van der Waals surface area contributed by atoms with Gasteiger partial charge >= 0.3 is 0 Å². The van der Waals surface area contributed by atoms with Gasteiger partial charge in [-0.05, 0) is 29.7 Å². The maximum atomic E-state index is 12.5. The van der Waals surface area contributed by atoms with Crippen molar-refractivity contribution < 1.29 is 12.8 Å². The molecule has 1 aliphatic rings. The molecule has 0 fully saturated rings. The van der Waals surface area contributed by atoms with Gasteiger partial charge in [-0.1, -0.05) is 13.0 Å². The van der Waals surface area contributed by atoms with Crippen LogP contribution in [0.25, 0.3) is 0 Å². The number of sulfone groups is 1. The van der Waals surface area contributed by atoms with E-state index < -0.39 is 15.8 Å². The normalized spacial score (nSPS) is 15.2. The van der Waals surface area contributed by atoms with Gasteiger partial charge in [0.15, 0.2) is 6.01 Å². The highest BCUT2D eigenvalue weighted by Crippen LogP contribution is 2.19. The van der Waals surface area contributed by atoms with Crippen LogP contribution in [-0.4, -0.2) is 33.3 Å². The van der Waals surface area contributed by atoms with Crippen molar-refractivity contribution in [2.75, 3.05) is 19.1 Å². The Balaban J connectivity index is 2.31. The summed E-state index contributed by atoms with van der Waals surface area (Å²) >= 11 is 0. The highest BCUT2D eigenvalue weighted by Gasteiger charge is 2.16. The van der Waals surface area contributed by atoms with Gasteiger partial charge in [0, 0.05) is 13.0 Å². The van der Waals surface area contributed by atoms with Gasteiger partial charge in [-0.2, -0.15) is 0 Å². The average molecular weight is 284 g/mol. The fraction of sp³-hybridized carbons (Fsp3) is 0.462. The molecule has 104 valence electrons. The quantitative estimate of drug-likeness (QED) is 0.891. The molecule has 0 saturated heterocycles. The van der Waals surface area contributed by atoms with Crippen LogP contribution in [0.3, 0.4) is 0 Å². The smallest absolute Gasteiger partial charge is 0.207 e. The lowest BCUT2D eigenvalue weighted by Crippen LogP contribution is -2.21. The second kappa shape index (κ2) is 5.69. The molecule has 0 atom stereocenters. The molecule has 1 aromatic carbocycles. The second-order valence-electron chi connectivity index (χ2n) is 4.44. The van der Waals surface area contributed by atoms with Crippen LogP contribution in [0.15, 0.2) is 28.1 Å². The minimum atomic E-state index is -3.79. The van der Waals surface area contributed by atoms with E-state index in [2.05, 4.69) is 10.3 Å². The van der Waals surface area contributed by atoms with Crippen LogP contribution in [0.4, 0.5) is 4.39 Å². The molecule has 19 heavy (non-hydrogen) atoms. The van der Waals surface area contributed by atoms with Crippen molar-refractivity contribution in [3.8, 4) is 0 Å². The summed E-state index contributed by atoms with van der Waals surface area (Å²) in [5.74, 6) is 0.927. The third kappa shape index (κ3) is 3.12. The van der Waals surface area contributed by atoms with Crippen molar-refractivity contribution in [2.24, 2.45) is 4.99 Å². The van der Waals surface area contributed by atoms with E-state index in [1.807, 2.05) is 6.92 Å². The number of benzene rings is 1. The van der Waals surface area contributed by atoms with E-state index in [0.717, 1.165) is 30.1 Å². The van der Waals surface area contributed by atoms with Crippen LogP contribution in [0.1, 0.15) is 18.1 Å². The van der Waals surface area contributed by atoms with Gasteiger partial charge in [-0.3, -0.25) is 4.99 Å². The van der Waals surface area contributed by atoms with Gasteiger partial charge in [0.25, 0.3) is 0 Å². The van der Waals surface area contributed by atoms with Gasteiger partial charge in [-0.25, -0.2) is 12.8 Å². The first-order valence-electron chi connectivity index (χ1n) is 6.24. The number of hydrogen-bond acceptors (Lipinski definition) is 4. The minimum Gasteiger partial charge on any atom is -0.372 e. The summed E-state index contributed by atoms with van der Waals surface area (Å²) in [7, 11) is -3.79. The number of nitrogens with one attached hydrogen (secondary N) is 1. The van der Waals surface area contributed by atoms with Crippen molar-refractivity contribution >= 4 is 15.7 Å². The maximum absolute atomic E-state index is 12.5. The SMILES string of the molecule is CCc1cc(S(=O)(=O)CF)ccc1CC1=NCCN1. The Kier molecular flexibility index (Phi) is 4.19. The van der Waals surface area contributed by atoms with Gasteiger partial charge in [-0.15, -0.1) is 0 Å². The van der Waals surface area contributed by atoms with Crippen molar-refractivity contribution in [1.82, 2.24) is 5.32 Å². The monoisotopic (exact) mass is 284 g/mol. The summed E-state index contributed by atoms with van der Waals surface area (Å²) in [5, 5.41) is 3.18. The molecule has 0 saturated carbocycles. The summed E-state index contributed by atoms with van der Waals surface area (Å²) in [6.07, 6.45) is 1.37. The zero-order chi connectivity index (χ0) is 13.9. The number of amidine groups is 1. The largest absolute Gasteiger partial charge is 0.372 e. The number of halogens is 1. The Morgan fingerprint density at radius 2 is 2.16 bits per heavy atom. The fourth-order valence-electron chi connectivity index (χ4n) is 2.11. The first-order valence-corrected chi connectivity index (χ1v) is 7.89. The second-order valence-corrected chi connectivity index (χ2v) is 6.36. The van der Waals surface area contributed by atoms with E-state index in [1.54, 1.807) is 12.1 Å². The third-order valence-corrected chi connectivity index (χ3v) is 4.42. The van der Waals surface area contributed by atoms with E-state index >= 15 is 0 Å².